The van der Waals surface area contributed by atoms with E-state index >= 15 is 0 Å². The number of esters is 1. The molecule has 5 heteroatoms. The largest absolute Gasteiger partial charge is 0.461 e. The van der Waals surface area contributed by atoms with E-state index in [1.165, 1.54) is 0 Å². The molecule has 0 aliphatic heterocycles. The van der Waals surface area contributed by atoms with E-state index in [9.17, 15) is 4.79 Å². The Kier molecular flexibility index (Phi) is 3.48. The lowest BCUT2D eigenvalue weighted by Crippen LogP contribution is -2.06. The monoisotopic (exact) mass is 246 g/mol. The fraction of sp³-hybridized carbons (Fsp3) is 0.500. The number of carbonyl (C=O) groups excluding carboxylic acids is 1. The molecule has 13 heavy (non-hydrogen) atoms. The number of nitrogens with zero attached hydrogens (tertiary/aromatic N) is 2. The quantitative estimate of drug-likeness (QED) is 0.600. The highest BCUT2D eigenvalue weighted by molar-refractivity contribution is 9.08. The van der Waals surface area contributed by atoms with E-state index in [1.807, 2.05) is 0 Å². The first-order valence-electron chi connectivity index (χ1n) is 3.95. The third-order valence-electron chi connectivity index (χ3n) is 1.60. The van der Waals surface area contributed by atoms with Gasteiger partial charge in [0.05, 0.1) is 6.61 Å². The average molecular weight is 247 g/mol. The van der Waals surface area contributed by atoms with Gasteiger partial charge in [-0.15, -0.1) is 0 Å². The number of hydrogen-bond donors (Lipinski definition) is 0. The molecule has 1 aromatic heterocycles. The summed E-state index contributed by atoms with van der Waals surface area (Å²) in [7, 11) is 1.79. The van der Waals surface area contributed by atoms with Gasteiger partial charge in [0.2, 0.25) is 0 Å². The van der Waals surface area contributed by atoms with Crippen molar-refractivity contribution < 1.29 is 9.53 Å². The molecule has 0 saturated heterocycles. The number of aromatic nitrogens is 2. The molecule has 0 aromatic carbocycles. The molecular formula is C8H11BrN2O2. The Bertz CT molecular complexity index is 309. The van der Waals surface area contributed by atoms with Gasteiger partial charge in [-0.2, -0.15) is 5.10 Å². The molecule has 0 aliphatic rings. The molecule has 1 aromatic rings. The third kappa shape index (κ3) is 2.30. The molecule has 1 rings (SSSR count). The number of hydrogen-bond acceptors (Lipinski definition) is 3. The van der Waals surface area contributed by atoms with Crippen LogP contribution in [0.3, 0.4) is 0 Å². The Morgan fingerprint density at radius 1 is 1.77 bits per heavy atom. The zero-order valence-electron chi connectivity index (χ0n) is 7.58. The maximum Gasteiger partial charge on any atom is 0.358 e. The molecule has 0 spiro atoms. The Hall–Kier alpha value is -0.840. The van der Waals surface area contributed by atoms with Gasteiger partial charge in [-0.05, 0) is 13.0 Å². The highest BCUT2D eigenvalue weighted by Gasteiger charge is 2.12. The van der Waals surface area contributed by atoms with Gasteiger partial charge in [0.15, 0.2) is 5.69 Å². The van der Waals surface area contributed by atoms with Crippen LogP contribution < -0.4 is 0 Å². The SMILES string of the molecule is CCOC(=O)c1cc(CBr)n(C)n1. The highest BCUT2D eigenvalue weighted by Crippen LogP contribution is 2.08. The standard InChI is InChI=1S/C8H11BrN2O2/c1-3-13-8(12)7-4-6(5-9)11(2)10-7/h4H,3,5H2,1-2H3. The minimum absolute atomic E-state index is 0.360. The van der Waals surface area contributed by atoms with E-state index < -0.39 is 0 Å². The van der Waals surface area contributed by atoms with Crippen molar-refractivity contribution in [3.8, 4) is 0 Å². The Morgan fingerprint density at radius 2 is 2.46 bits per heavy atom. The normalized spacial score (nSPS) is 10.1. The molecule has 0 fully saturated rings. The molecule has 72 valence electrons. The second kappa shape index (κ2) is 4.41. The zero-order valence-corrected chi connectivity index (χ0v) is 9.17. The van der Waals surface area contributed by atoms with Crippen molar-refractivity contribution in [1.82, 2.24) is 9.78 Å². The molecule has 1 heterocycles. The predicted molar refractivity (Wildman–Crippen MR) is 51.8 cm³/mol. The molecule has 0 unspecified atom stereocenters. The number of aryl methyl sites for hydroxylation is 1. The number of halogens is 1. The van der Waals surface area contributed by atoms with Crippen LogP contribution in [0.15, 0.2) is 6.07 Å². The van der Waals surface area contributed by atoms with Crippen molar-refractivity contribution >= 4 is 21.9 Å². The van der Waals surface area contributed by atoms with Crippen LogP contribution in [0.5, 0.6) is 0 Å². The summed E-state index contributed by atoms with van der Waals surface area (Å²) in [5, 5.41) is 4.69. The summed E-state index contributed by atoms with van der Waals surface area (Å²) in [5.74, 6) is -0.370. The van der Waals surface area contributed by atoms with Crippen LogP contribution in [0.25, 0.3) is 0 Å². The molecule has 4 nitrogen and oxygen atoms in total. The summed E-state index contributed by atoms with van der Waals surface area (Å²) >= 11 is 3.30. The van der Waals surface area contributed by atoms with Gasteiger partial charge in [0, 0.05) is 18.1 Å². The second-order valence-electron chi connectivity index (χ2n) is 2.50. The Balaban J connectivity index is 2.84. The van der Waals surface area contributed by atoms with Crippen LogP contribution in [0.4, 0.5) is 0 Å². The molecule has 0 atom stereocenters. The number of ether oxygens (including phenoxy) is 1. The van der Waals surface area contributed by atoms with Gasteiger partial charge in [-0.1, -0.05) is 15.9 Å². The topological polar surface area (TPSA) is 44.1 Å². The molecule has 0 aliphatic carbocycles. The van der Waals surface area contributed by atoms with Crippen molar-refractivity contribution in [1.29, 1.82) is 0 Å². The molecule has 0 N–H and O–H groups in total. The molecule has 0 saturated carbocycles. The van der Waals surface area contributed by atoms with E-state index in [0.29, 0.717) is 17.6 Å². The fourth-order valence-corrected chi connectivity index (χ4v) is 1.46. The maximum atomic E-state index is 11.2. The van der Waals surface area contributed by atoms with Gasteiger partial charge < -0.3 is 4.74 Å². The Morgan fingerprint density at radius 3 is 2.92 bits per heavy atom. The third-order valence-corrected chi connectivity index (χ3v) is 2.17. The van der Waals surface area contributed by atoms with Gasteiger partial charge in [-0.25, -0.2) is 4.79 Å². The number of carbonyl (C=O) groups is 1. The van der Waals surface area contributed by atoms with Crippen molar-refractivity contribution in [3.63, 3.8) is 0 Å². The van der Waals surface area contributed by atoms with Crippen molar-refractivity contribution in [3.05, 3.63) is 17.5 Å². The van der Waals surface area contributed by atoms with Gasteiger partial charge in [-0.3, -0.25) is 4.68 Å². The summed E-state index contributed by atoms with van der Waals surface area (Å²) in [6.45, 7) is 2.14. The Labute approximate surface area is 85.0 Å². The smallest absolute Gasteiger partial charge is 0.358 e. The van der Waals surface area contributed by atoms with E-state index in [0.717, 1.165) is 5.69 Å². The first-order valence-corrected chi connectivity index (χ1v) is 5.07. The predicted octanol–water partition coefficient (Wildman–Crippen LogP) is 1.49. The lowest BCUT2D eigenvalue weighted by molar-refractivity contribution is 0.0518. The molecule has 0 radical (unpaired) electrons. The van der Waals surface area contributed by atoms with Gasteiger partial charge in [0.25, 0.3) is 0 Å². The van der Waals surface area contributed by atoms with E-state index in [4.69, 9.17) is 4.74 Å². The van der Waals surface area contributed by atoms with E-state index in [2.05, 4.69) is 21.0 Å². The lowest BCUT2D eigenvalue weighted by atomic mass is 10.4. The van der Waals surface area contributed by atoms with Crippen LogP contribution in [0, 0.1) is 0 Å². The molecule has 0 bridgehead atoms. The fourth-order valence-electron chi connectivity index (χ4n) is 0.936. The van der Waals surface area contributed by atoms with Crippen molar-refractivity contribution in [2.45, 2.75) is 12.3 Å². The summed E-state index contributed by atoms with van der Waals surface area (Å²) in [6.07, 6.45) is 0. The zero-order chi connectivity index (χ0) is 9.84. The number of rotatable bonds is 3. The van der Waals surface area contributed by atoms with Crippen LogP contribution in [-0.4, -0.2) is 22.4 Å². The van der Waals surface area contributed by atoms with Gasteiger partial charge >= 0.3 is 5.97 Å². The summed E-state index contributed by atoms with van der Waals surface area (Å²) in [5.41, 5.74) is 1.31. The van der Waals surface area contributed by atoms with E-state index in [1.54, 1.807) is 24.7 Å². The minimum Gasteiger partial charge on any atom is -0.461 e. The summed E-state index contributed by atoms with van der Waals surface area (Å²) in [6, 6.07) is 1.72. The minimum atomic E-state index is -0.370. The first kappa shape index (κ1) is 10.2. The van der Waals surface area contributed by atoms with Crippen molar-refractivity contribution in [2.75, 3.05) is 6.61 Å². The van der Waals surface area contributed by atoms with Crippen molar-refractivity contribution in [2.24, 2.45) is 7.05 Å². The van der Waals surface area contributed by atoms with Crippen LogP contribution in [0.2, 0.25) is 0 Å². The van der Waals surface area contributed by atoms with Crippen LogP contribution in [0.1, 0.15) is 23.1 Å². The summed E-state index contributed by atoms with van der Waals surface area (Å²) < 4.78 is 6.46. The van der Waals surface area contributed by atoms with E-state index in [-0.39, 0.29) is 5.97 Å². The first-order chi connectivity index (χ1) is 6.19. The highest BCUT2D eigenvalue weighted by atomic mass is 79.9. The van der Waals surface area contributed by atoms with Gasteiger partial charge in [0.1, 0.15) is 0 Å². The van der Waals surface area contributed by atoms with Crippen LogP contribution >= 0.6 is 15.9 Å². The number of alkyl halides is 1. The average Bonchev–Trinajstić information content (AvgIpc) is 2.47. The molecule has 0 amide bonds. The summed E-state index contributed by atoms with van der Waals surface area (Å²) in [4.78, 5) is 11.2. The molecular weight excluding hydrogens is 236 g/mol. The van der Waals surface area contributed by atoms with Crippen LogP contribution in [-0.2, 0) is 17.1 Å². The second-order valence-corrected chi connectivity index (χ2v) is 3.06. The maximum absolute atomic E-state index is 11.2. The lowest BCUT2D eigenvalue weighted by Gasteiger charge is -1.95.